The van der Waals surface area contributed by atoms with Crippen molar-refractivity contribution < 1.29 is 24.5 Å². The first-order valence-electron chi connectivity index (χ1n) is 8.53. The molecule has 3 rings (SSSR count). The van der Waals surface area contributed by atoms with Crippen LogP contribution in [0.5, 0.6) is 11.5 Å². The Morgan fingerprint density at radius 2 is 1.72 bits per heavy atom. The Bertz CT molecular complexity index is 816. The van der Waals surface area contributed by atoms with Crippen molar-refractivity contribution in [3.05, 3.63) is 34.4 Å². The van der Waals surface area contributed by atoms with Crippen molar-refractivity contribution in [3.63, 3.8) is 0 Å². The molecule has 0 spiro atoms. The zero-order valence-electron chi connectivity index (χ0n) is 15.3. The van der Waals surface area contributed by atoms with Crippen molar-refractivity contribution in [2.45, 2.75) is 59.0 Å². The summed E-state index contributed by atoms with van der Waals surface area (Å²) in [6.45, 7) is 9.35. The van der Waals surface area contributed by atoms with Gasteiger partial charge in [0.2, 0.25) is 0 Å². The lowest BCUT2D eigenvalue weighted by Gasteiger charge is -2.44. The summed E-state index contributed by atoms with van der Waals surface area (Å²) in [5.41, 5.74) is 0.406. The van der Waals surface area contributed by atoms with E-state index >= 15 is 0 Å². The molecule has 0 unspecified atom stereocenters. The third kappa shape index (κ3) is 2.62. The fraction of sp³-hybridized carbons (Fsp3) is 0.500. The molecule has 5 heteroatoms. The number of rotatable bonds is 1. The van der Waals surface area contributed by atoms with Crippen LogP contribution < -0.4 is 0 Å². The average molecular weight is 344 g/mol. The highest BCUT2D eigenvalue weighted by molar-refractivity contribution is 6.08. The van der Waals surface area contributed by atoms with Crippen LogP contribution in [0.4, 0.5) is 0 Å². The molecule has 134 valence electrons. The van der Waals surface area contributed by atoms with Gasteiger partial charge in [0.25, 0.3) is 0 Å². The van der Waals surface area contributed by atoms with Crippen molar-refractivity contribution in [3.8, 4) is 11.5 Å². The Labute approximate surface area is 147 Å². The Morgan fingerprint density at radius 1 is 1.08 bits per heavy atom. The van der Waals surface area contributed by atoms with E-state index in [9.17, 15) is 19.8 Å². The SMILES string of the molecule is CC(C)c1cc2c(c(O)c1O)C[C@]1(C)OC(=O)CC(C)(C)C1=CC2=O. The van der Waals surface area contributed by atoms with Gasteiger partial charge in [0.05, 0.1) is 6.42 Å². The molecule has 1 saturated heterocycles. The van der Waals surface area contributed by atoms with Crippen molar-refractivity contribution >= 4 is 11.8 Å². The molecule has 1 heterocycles. The molecule has 0 saturated carbocycles. The van der Waals surface area contributed by atoms with E-state index in [0.717, 1.165) is 5.57 Å². The van der Waals surface area contributed by atoms with Gasteiger partial charge in [-0.3, -0.25) is 9.59 Å². The third-order valence-electron chi connectivity index (χ3n) is 5.31. The van der Waals surface area contributed by atoms with E-state index in [4.69, 9.17) is 4.74 Å². The molecular weight excluding hydrogens is 320 g/mol. The van der Waals surface area contributed by atoms with Crippen LogP contribution >= 0.6 is 0 Å². The lowest BCUT2D eigenvalue weighted by Crippen LogP contribution is -2.47. The number of carbonyl (C=O) groups is 2. The van der Waals surface area contributed by atoms with E-state index in [-0.39, 0.29) is 42.0 Å². The lowest BCUT2D eigenvalue weighted by molar-refractivity contribution is -0.163. The zero-order chi connectivity index (χ0) is 18.7. The number of hydrogen-bond acceptors (Lipinski definition) is 5. The lowest BCUT2D eigenvalue weighted by atomic mass is 9.70. The maximum absolute atomic E-state index is 12.9. The summed E-state index contributed by atoms with van der Waals surface area (Å²) >= 11 is 0. The smallest absolute Gasteiger partial charge is 0.307 e. The minimum absolute atomic E-state index is 0.0490. The second-order valence-electron chi connectivity index (χ2n) is 8.21. The fourth-order valence-corrected chi connectivity index (χ4v) is 4.10. The van der Waals surface area contributed by atoms with Gasteiger partial charge in [-0.25, -0.2) is 0 Å². The first-order chi connectivity index (χ1) is 11.5. The second-order valence-corrected chi connectivity index (χ2v) is 8.21. The Morgan fingerprint density at radius 3 is 2.32 bits per heavy atom. The molecule has 25 heavy (non-hydrogen) atoms. The predicted molar refractivity (Wildman–Crippen MR) is 92.9 cm³/mol. The molecule has 2 aliphatic rings. The number of ether oxygens (including phenoxy) is 1. The van der Waals surface area contributed by atoms with Gasteiger partial charge in [-0.1, -0.05) is 27.7 Å². The Hall–Kier alpha value is -2.30. The van der Waals surface area contributed by atoms with Crippen LogP contribution in [-0.2, 0) is 16.0 Å². The maximum atomic E-state index is 12.9. The monoisotopic (exact) mass is 344 g/mol. The fourth-order valence-electron chi connectivity index (χ4n) is 4.10. The summed E-state index contributed by atoms with van der Waals surface area (Å²) < 4.78 is 5.62. The normalized spacial score (nSPS) is 25.0. The molecule has 0 amide bonds. The molecule has 1 aromatic carbocycles. The van der Waals surface area contributed by atoms with Crippen molar-refractivity contribution in [2.24, 2.45) is 5.41 Å². The van der Waals surface area contributed by atoms with E-state index in [1.165, 1.54) is 0 Å². The summed E-state index contributed by atoms with van der Waals surface area (Å²) in [6.07, 6.45) is 1.89. The molecule has 1 fully saturated rings. The molecular formula is C20H24O5. The molecule has 1 aromatic rings. The number of allylic oxidation sites excluding steroid dienone is 1. The van der Waals surface area contributed by atoms with E-state index in [1.54, 1.807) is 19.1 Å². The highest BCUT2D eigenvalue weighted by Gasteiger charge is 2.49. The molecule has 0 radical (unpaired) electrons. The topological polar surface area (TPSA) is 83.8 Å². The van der Waals surface area contributed by atoms with Crippen LogP contribution in [0.25, 0.3) is 0 Å². The first kappa shape index (κ1) is 17.5. The number of phenolic OH excluding ortho intramolecular Hbond substituents is 2. The molecule has 0 aromatic heterocycles. The minimum Gasteiger partial charge on any atom is -0.504 e. The van der Waals surface area contributed by atoms with Crippen LogP contribution in [0.15, 0.2) is 17.7 Å². The van der Waals surface area contributed by atoms with Gasteiger partial charge in [0.15, 0.2) is 17.3 Å². The molecule has 1 aliphatic heterocycles. The Balaban J connectivity index is 2.26. The number of carbonyl (C=O) groups excluding carboxylic acids is 2. The van der Waals surface area contributed by atoms with E-state index in [0.29, 0.717) is 16.7 Å². The quantitative estimate of drug-likeness (QED) is 0.600. The highest BCUT2D eigenvalue weighted by Crippen LogP contribution is 2.50. The van der Waals surface area contributed by atoms with E-state index in [1.807, 2.05) is 27.7 Å². The molecule has 5 nitrogen and oxygen atoms in total. The summed E-state index contributed by atoms with van der Waals surface area (Å²) in [5.74, 6) is -1.13. The number of ketones is 1. The number of phenols is 2. The van der Waals surface area contributed by atoms with E-state index in [2.05, 4.69) is 0 Å². The minimum atomic E-state index is -1.02. The van der Waals surface area contributed by atoms with Crippen molar-refractivity contribution in [2.75, 3.05) is 0 Å². The predicted octanol–water partition coefficient (Wildman–Crippen LogP) is 3.62. The van der Waals surface area contributed by atoms with Crippen molar-refractivity contribution in [1.29, 1.82) is 0 Å². The summed E-state index contributed by atoms with van der Waals surface area (Å²) in [7, 11) is 0. The number of esters is 1. The van der Waals surface area contributed by atoms with Gasteiger partial charge in [0, 0.05) is 28.5 Å². The number of fused-ring (bicyclic) bond motifs is 2. The van der Waals surface area contributed by atoms with Gasteiger partial charge in [0.1, 0.15) is 5.60 Å². The molecule has 1 aliphatic carbocycles. The highest BCUT2D eigenvalue weighted by atomic mass is 16.6. The van der Waals surface area contributed by atoms with Crippen LogP contribution in [0.2, 0.25) is 0 Å². The summed E-state index contributed by atoms with van der Waals surface area (Å²) in [5, 5.41) is 20.9. The Kier molecular flexibility index (Phi) is 3.75. The van der Waals surface area contributed by atoms with Crippen LogP contribution in [-0.4, -0.2) is 27.6 Å². The molecule has 1 atom stereocenters. The number of benzene rings is 1. The second kappa shape index (κ2) is 5.35. The van der Waals surface area contributed by atoms with Gasteiger partial charge >= 0.3 is 5.97 Å². The van der Waals surface area contributed by atoms with Gasteiger partial charge in [-0.05, 0) is 30.6 Å². The summed E-state index contributed by atoms with van der Waals surface area (Å²) in [6, 6.07) is 1.64. The van der Waals surface area contributed by atoms with Crippen LogP contribution in [0.3, 0.4) is 0 Å². The first-order valence-corrected chi connectivity index (χ1v) is 8.53. The number of hydrogen-bond donors (Lipinski definition) is 2. The van der Waals surface area contributed by atoms with Crippen LogP contribution in [0.1, 0.15) is 68.4 Å². The van der Waals surface area contributed by atoms with E-state index < -0.39 is 11.0 Å². The standard InChI is InChI=1S/C20H24O5/c1-10(2)11-6-12-13(18(24)17(11)23)8-20(5)15(7-14(12)21)19(3,4)9-16(22)25-20/h6-7,10,23-24H,8-9H2,1-5H3/t20-/m0/s1. The van der Waals surface area contributed by atoms with Gasteiger partial charge in [-0.15, -0.1) is 0 Å². The average Bonchev–Trinajstić information content (AvgIpc) is 2.57. The third-order valence-corrected chi connectivity index (χ3v) is 5.31. The largest absolute Gasteiger partial charge is 0.504 e. The zero-order valence-corrected chi connectivity index (χ0v) is 15.3. The summed E-state index contributed by atoms with van der Waals surface area (Å²) in [4.78, 5) is 25.0. The maximum Gasteiger partial charge on any atom is 0.307 e. The molecule has 2 N–H and O–H groups in total. The molecule has 0 bridgehead atoms. The van der Waals surface area contributed by atoms with Gasteiger partial charge in [-0.2, -0.15) is 0 Å². The van der Waals surface area contributed by atoms with Crippen LogP contribution in [0, 0.1) is 5.41 Å². The van der Waals surface area contributed by atoms with Gasteiger partial charge < -0.3 is 14.9 Å². The van der Waals surface area contributed by atoms with Crippen molar-refractivity contribution in [1.82, 2.24) is 0 Å². The number of aromatic hydroxyl groups is 2.